The Morgan fingerprint density at radius 3 is 2.17 bits per heavy atom. The van der Waals surface area contributed by atoms with Gasteiger partial charge >= 0.3 is 12.1 Å². The number of carbonyl (C=O) groups is 1. The zero-order valence-electron chi connectivity index (χ0n) is 18.9. The molecule has 0 aliphatic carbocycles. The van der Waals surface area contributed by atoms with Crippen LogP contribution >= 0.6 is 0 Å². The van der Waals surface area contributed by atoms with Gasteiger partial charge in [0.1, 0.15) is 28.8 Å². The predicted octanol–water partition coefficient (Wildman–Crippen LogP) is 7.01. The van der Waals surface area contributed by atoms with E-state index in [1.807, 2.05) is 0 Å². The first-order valence-corrected chi connectivity index (χ1v) is 10.8. The minimum absolute atomic E-state index is 0.0507. The lowest BCUT2D eigenvalue weighted by molar-refractivity contribution is -0.207. The van der Waals surface area contributed by atoms with Gasteiger partial charge in [-0.2, -0.15) is 13.2 Å². The van der Waals surface area contributed by atoms with E-state index >= 15 is 0 Å². The van der Waals surface area contributed by atoms with Crippen molar-refractivity contribution in [3.8, 4) is 5.75 Å². The fourth-order valence-electron chi connectivity index (χ4n) is 3.42. The Morgan fingerprint density at radius 1 is 1.06 bits per heavy atom. The summed E-state index contributed by atoms with van der Waals surface area (Å²) in [6.45, 7) is 1.68. The van der Waals surface area contributed by atoms with Crippen LogP contribution in [-0.4, -0.2) is 25.5 Å². The summed E-state index contributed by atoms with van der Waals surface area (Å²) < 4.78 is 109. The molecule has 0 bridgehead atoms. The third-order valence-corrected chi connectivity index (χ3v) is 5.25. The molecule has 1 saturated heterocycles. The van der Waals surface area contributed by atoms with E-state index in [0.29, 0.717) is 12.0 Å². The quantitative estimate of drug-likeness (QED) is 0.171. The van der Waals surface area contributed by atoms with E-state index in [4.69, 9.17) is 14.2 Å². The van der Waals surface area contributed by atoms with Crippen LogP contribution in [0.5, 0.6) is 5.75 Å². The second kappa shape index (κ2) is 11.7. The highest BCUT2D eigenvalue weighted by Gasteiger charge is 2.38. The Kier molecular flexibility index (Phi) is 8.91. The van der Waals surface area contributed by atoms with E-state index in [1.165, 1.54) is 12.1 Å². The van der Waals surface area contributed by atoms with Gasteiger partial charge in [0.2, 0.25) is 0 Å². The average Bonchev–Trinajstić information content (AvgIpc) is 2.82. The molecule has 0 unspecified atom stereocenters. The summed E-state index contributed by atoms with van der Waals surface area (Å²) in [4.78, 5) is 12.2. The lowest BCUT2D eigenvalue weighted by Crippen LogP contribution is -2.38. The monoisotopic (exact) mass is 518 g/mol. The first-order valence-electron chi connectivity index (χ1n) is 10.8. The predicted molar refractivity (Wildman–Crippen MR) is 115 cm³/mol. The number of allylic oxidation sites excluding steroid dienone is 3. The number of esters is 1. The van der Waals surface area contributed by atoms with E-state index in [1.54, 1.807) is 31.2 Å². The fraction of sp³-hybridized carbons (Fsp3) is 0.320. The molecule has 1 fully saturated rings. The molecule has 1 aliphatic heterocycles. The molecule has 3 rings (SSSR count). The van der Waals surface area contributed by atoms with Gasteiger partial charge in [0, 0.05) is 30.0 Å². The van der Waals surface area contributed by atoms with Gasteiger partial charge in [0.25, 0.3) is 6.29 Å². The van der Waals surface area contributed by atoms with E-state index < -0.39 is 53.0 Å². The van der Waals surface area contributed by atoms with Crippen molar-refractivity contribution in [3.05, 3.63) is 82.7 Å². The number of ether oxygens (including phenoxy) is 3. The van der Waals surface area contributed by atoms with Gasteiger partial charge in [0.05, 0.1) is 13.2 Å². The van der Waals surface area contributed by atoms with Gasteiger partial charge in [-0.25, -0.2) is 22.4 Å². The van der Waals surface area contributed by atoms with Gasteiger partial charge in [-0.05, 0) is 18.9 Å². The van der Waals surface area contributed by atoms with E-state index in [0.717, 1.165) is 0 Å². The molecular weight excluding hydrogens is 497 g/mol. The number of hydrogen-bond donors (Lipinski definition) is 0. The molecule has 2 aromatic carbocycles. The van der Waals surface area contributed by atoms with Crippen LogP contribution in [0.4, 0.5) is 30.7 Å². The fourth-order valence-corrected chi connectivity index (χ4v) is 3.42. The molecule has 36 heavy (non-hydrogen) atoms. The number of carbonyl (C=O) groups excluding carboxylic acids is 1. The van der Waals surface area contributed by atoms with Gasteiger partial charge in [-0.3, -0.25) is 0 Å². The van der Waals surface area contributed by atoms with E-state index in [-0.39, 0.29) is 43.2 Å². The molecule has 11 heteroatoms. The summed E-state index contributed by atoms with van der Waals surface area (Å²) in [6.07, 6.45) is -3.07. The zero-order valence-corrected chi connectivity index (χ0v) is 18.9. The standard InChI is InChI=1S/C25H21F7O4/c1-2-3-4-5-18(26)22(29)15-8-6-14(7-9-15)16-12-34-24(35-13-16)23(33)36-17-10-19(27)21(20(28)11-17)25(30,31)32/h2-3,6-11,16,24H,4-5,12-13H2,1H3/b3-2+,22-18+. The lowest BCUT2D eigenvalue weighted by atomic mass is 9.98. The van der Waals surface area contributed by atoms with E-state index in [9.17, 15) is 35.5 Å². The number of rotatable bonds is 7. The van der Waals surface area contributed by atoms with Crippen LogP contribution in [0.3, 0.4) is 0 Å². The highest BCUT2D eigenvalue weighted by molar-refractivity contribution is 5.76. The topological polar surface area (TPSA) is 44.8 Å². The largest absolute Gasteiger partial charge is 0.423 e. The Hall–Kier alpha value is -3.18. The maximum atomic E-state index is 14.3. The molecule has 0 radical (unpaired) electrons. The number of alkyl halides is 3. The minimum atomic E-state index is -5.26. The van der Waals surface area contributed by atoms with Crippen molar-refractivity contribution in [1.29, 1.82) is 0 Å². The molecule has 1 aliphatic rings. The highest BCUT2D eigenvalue weighted by Crippen LogP contribution is 2.35. The van der Waals surface area contributed by atoms with Crippen LogP contribution in [0.1, 0.15) is 42.4 Å². The maximum absolute atomic E-state index is 14.3. The molecule has 1 heterocycles. The number of benzene rings is 2. The summed E-state index contributed by atoms with van der Waals surface area (Å²) in [7, 11) is 0. The van der Waals surface area contributed by atoms with E-state index in [2.05, 4.69) is 0 Å². The van der Waals surface area contributed by atoms with Crippen molar-refractivity contribution < 1.29 is 49.7 Å². The van der Waals surface area contributed by atoms with Crippen LogP contribution in [0.2, 0.25) is 0 Å². The molecule has 0 spiro atoms. The third-order valence-electron chi connectivity index (χ3n) is 5.25. The summed E-state index contributed by atoms with van der Waals surface area (Å²) in [5, 5.41) is 0. The van der Waals surface area contributed by atoms with Crippen molar-refractivity contribution in [1.82, 2.24) is 0 Å². The Morgan fingerprint density at radius 2 is 1.64 bits per heavy atom. The summed E-state index contributed by atoms with van der Waals surface area (Å²) in [5.74, 6) is -8.09. The molecule has 2 aromatic rings. The normalized spacial score (nSPS) is 19.3. The van der Waals surface area contributed by atoms with Crippen molar-refractivity contribution in [3.63, 3.8) is 0 Å². The molecule has 0 N–H and O–H groups in total. The first-order chi connectivity index (χ1) is 17.0. The first kappa shape index (κ1) is 27.4. The van der Waals surface area contributed by atoms with Gasteiger partial charge in [0.15, 0.2) is 5.83 Å². The Balaban J connectivity index is 1.58. The molecular formula is C25H21F7O4. The molecule has 0 atom stereocenters. The maximum Gasteiger partial charge on any atom is 0.422 e. The number of halogens is 7. The van der Waals surface area contributed by atoms with Gasteiger partial charge in [-0.15, -0.1) is 0 Å². The molecule has 0 aromatic heterocycles. The van der Waals surface area contributed by atoms with Crippen molar-refractivity contribution in [2.75, 3.05) is 13.2 Å². The minimum Gasteiger partial charge on any atom is -0.423 e. The average molecular weight is 518 g/mol. The SMILES string of the molecule is C/C=C/CC/C(F)=C(\F)c1ccc(C2COC(C(=O)Oc3cc(F)c(C(F)(F)F)c(F)c3)OC2)cc1. The smallest absolute Gasteiger partial charge is 0.422 e. The Labute approximate surface area is 202 Å². The molecule has 0 saturated carbocycles. The number of hydrogen-bond acceptors (Lipinski definition) is 4. The summed E-state index contributed by atoms with van der Waals surface area (Å²) in [5.41, 5.74) is -1.39. The third kappa shape index (κ3) is 6.73. The molecule has 4 nitrogen and oxygen atoms in total. The molecule has 194 valence electrons. The van der Waals surface area contributed by atoms with Crippen LogP contribution in [0, 0.1) is 11.6 Å². The van der Waals surface area contributed by atoms with Crippen LogP contribution < -0.4 is 4.74 Å². The van der Waals surface area contributed by atoms with Gasteiger partial charge in [-0.1, -0.05) is 36.4 Å². The van der Waals surface area contributed by atoms with Crippen molar-refractivity contribution >= 4 is 11.8 Å². The second-order valence-electron chi connectivity index (χ2n) is 7.82. The summed E-state index contributed by atoms with van der Waals surface area (Å²) in [6, 6.07) is 6.36. The molecule has 0 amide bonds. The van der Waals surface area contributed by atoms with Crippen molar-refractivity contribution in [2.45, 2.75) is 38.1 Å². The lowest BCUT2D eigenvalue weighted by Gasteiger charge is -2.28. The second-order valence-corrected chi connectivity index (χ2v) is 7.82. The highest BCUT2D eigenvalue weighted by atomic mass is 19.4. The van der Waals surface area contributed by atoms with Crippen LogP contribution in [0.25, 0.3) is 5.83 Å². The van der Waals surface area contributed by atoms with Crippen LogP contribution in [0.15, 0.2) is 54.4 Å². The van der Waals surface area contributed by atoms with Gasteiger partial charge < -0.3 is 14.2 Å². The van der Waals surface area contributed by atoms with Crippen molar-refractivity contribution in [2.24, 2.45) is 0 Å². The zero-order chi connectivity index (χ0) is 26.5. The Bertz CT molecular complexity index is 1110. The van der Waals surface area contributed by atoms with Crippen LogP contribution in [-0.2, 0) is 20.4 Å². The summed E-state index contributed by atoms with van der Waals surface area (Å²) >= 11 is 0.